The van der Waals surface area contributed by atoms with Crippen LogP contribution in [0.4, 0.5) is 11.4 Å². The average Bonchev–Trinajstić information content (AvgIpc) is 2.73. The maximum Gasteiger partial charge on any atom is 0.246 e. The third kappa shape index (κ3) is 4.90. The summed E-state index contributed by atoms with van der Waals surface area (Å²) in [6.07, 6.45) is 2.02. The fourth-order valence-corrected chi connectivity index (χ4v) is 4.94. The van der Waals surface area contributed by atoms with E-state index in [-0.39, 0.29) is 5.91 Å². The zero-order chi connectivity index (χ0) is 21.0. The predicted octanol–water partition coefficient (Wildman–Crippen LogP) is 2.75. The molecular formula is C22H29N3O3S. The molecule has 0 aromatic heterocycles. The van der Waals surface area contributed by atoms with Crippen LogP contribution in [0.2, 0.25) is 0 Å². The van der Waals surface area contributed by atoms with Crippen molar-refractivity contribution in [2.24, 2.45) is 0 Å². The fourth-order valence-electron chi connectivity index (χ4n) is 3.77. The number of aryl methyl sites for hydroxylation is 1. The Morgan fingerprint density at radius 1 is 1.00 bits per heavy atom. The largest absolute Gasteiger partial charge is 0.368 e. The van der Waals surface area contributed by atoms with E-state index >= 15 is 0 Å². The standard InChI is InChI=1S/C22H29N3O3S/c1-4-19-10-12-21(13-11-19)25(29(3,27)28)18(2)22(26)24-16-14-23(15-17-24)20-8-6-5-7-9-20/h5-13,18H,4,14-17H2,1-3H3. The van der Waals surface area contributed by atoms with Crippen molar-refractivity contribution in [3.05, 3.63) is 60.2 Å². The number of para-hydroxylation sites is 1. The van der Waals surface area contributed by atoms with Crippen LogP contribution in [-0.2, 0) is 21.2 Å². The summed E-state index contributed by atoms with van der Waals surface area (Å²) >= 11 is 0. The zero-order valence-corrected chi connectivity index (χ0v) is 18.1. The molecule has 1 aliphatic heterocycles. The topological polar surface area (TPSA) is 60.9 Å². The first kappa shape index (κ1) is 21.2. The number of rotatable bonds is 6. The minimum Gasteiger partial charge on any atom is -0.368 e. The number of hydrogen-bond donors (Lipinski definition) is 0. The highest BCUT2D eigenvalue weighted by Gasteiger charge is 2.33. The molecule has 0 radical (unpaired) electrons. The molecule has 7 heteroatoms. The number of carbonyl (C=O) groups is 1. The zero-order valence-electron chi connectivity index (χ0n) is 17.3. The van der Waals surface area contributed by atoms with Gasteiger partial charge in [0.25, 0.3) is 0 Å². The maximum absolute atomic E-state index is 13.1. The summed E-state index contributed by atoms with van der Waals surface area (Å²) in [6, 6.07) is 16.7. The molecule has 1 fully saturated rings. The first-order valence-electron chi connectivity index (χ1n) is 9.98. The lowest BCUT2D eigenvalue weighted by molar-refractivity contribution is -0.132. The molecule has 0 aliphatic carbocycles. The highest BCUT2D eigenvalue weighted by atomic mass is 32.2. The molecule has 0 bridgehead atoms. The van der Waals surface area contributed by atoms with Gasteiger partial charge in [-0.2, -0.15) is 0 Å². The van der Waals surface area contributed by atoms with E-state index in [1.54, 1.807) is 24.0 Å². The summed E-state index contributed by atoms with van der Waals surface area (Å²) in [7, 11) is -3.60. The van der Waals surface area contributed by atoms with Gasteiger partial charge < -0.3 is 9.80 Å². The third-order valence-corrected chi connectivity index (χ3v) is 6.62. The molecule has 29 heavy (non-hydrogen) atoms. The Morgan fingerprint density at radius 3 is 2.10 bits per heavy atom. The second-order valence-corrected chi connectivity index (χ2v) is 9.26. The van der Waals surface area contributed by atoms with Crippen molar-refractivity contribution in [2.45, 2.75) is 26.3 Å². The van der Waals surface area contributed by atoms with Crippen LogP contribution in [0.5, 0.6) is 0 Å². The molecule has 0 N–H and O–H groups in total. The maximum atomic E-state index is 13.1. The van der Waals surface area contributed by atoms with Crippen molar-refractivity contribution in [1.82, 2.24) is 4.90 Å². The second kappa shape index (κ2) is 8.86. The molecular weight excluding hydrogens is 386 g/mol. The fraction of sp³-hybridized carbons (Fsp3) is 0.409. The van der Waals surface area contributed by atoms with Gasteiger partial charge in [-0.3, -0.25) is 9.10 Å². The second-order valence-electron chi connectivity index (χ2n) is 7.40. The lowest BCUT2D eigenvalue weighted by Gasteiger charge is -2.39. The number of carbonyl (C=O) groups excluding carboxylic acids is 1. The predicted molar refractivity (Wildman–Crippen MR) is 118 cm³/mol. The molecule has 1 aliphatic rings. The van der Waals surface area contributed by atoms with Crippen molar-refractivity contribution >= 4 is 27.3 Å². The molecule has 156 valence electrons. The molecule has 0 spiro atoms. The molecule has 1 saturated heterocycles. The number of hydrogen-bond acceptors (Lipinski definition) is 4. The van der Waals surface area contributed by atoms with Crippen molar-refractivity contribution in [3.63, 3.8) is 0 Å². The van der Waals surface area contributed by atoms with Crippen LogP contribution in [-0.4, -0.2) is 57.7 Å². The third-order valence-electron chi connectivity index (χ3n) is 5.38. The van der Waals surface area contributed by atoms with Crippen LogP contribution in [0.1, 0.15) is 19.4 Å². The quantitative estimate of drug-likeness (QED) is 0.728. The highest BCUT2D eigenvalue weighted by Crippen LogP contribution is 2.23. The molecule has 1 atom stereocenters. The van der Waals surface area contributed by atoms with Crippen LogP contribution >= 0.6 is 0 Å². The van der Waals surface area contributed by atoms with E-state index in [2.05, 4.69) is 17.0 Å². The SMILES string of the molecule is CCc1ccc(N(C(C)C(=O)N2CCN(c3ccccc3)CC2)S(C)(=O)=O)cc1. The smallest absolute Gasteiger partial charge is 0.246 e. The van der Waals surface area contributed by atoms with Gasteiger partial charge in [0.05, 0.1) is 11.9 Å². The highest BCUT2D eigenvalue weighted by molar-refractivity contribution is 7.92. The Labute approximate surface area is 173 Å². The summed E-state index contributed by atoms with van der Waals surface area (Å²) < 4.78 is 26.2. The molecule has 0 saturated carbocycles. The van der Waals surface area contributed by atoms with Gasteiger partial charge in [-0.1, -0.05) is 37.3 Å². The number of nitrogens with zero attached hydrogens (tertiary/aromatic N) is 3. The molecule has 3 rings (SSSR count). The van der Waals surface area contributed by atoms with E-state index in [0.29, 0.717) is 18.8 Å². The summed E-state index contributed by atoms with van der Waals surface area (Å²) in [5.41, 5.74) is 2.79. The van der Waals surface area contributed by atoms with Gasteiger partial charge >= 0.3 is 0 Å². The molecule has 1 heterocycles. The molecule has 2 aromatic rings. The van der Waals surface area contributed by atoms with Crippen molar-refractivity contribution in [3.8, 4) is 0 Å². The van der Waals surface area contributed by atoms with Crippen LogP contribution in [0.3, 0.4) is 0 Å². The summed E-state index contributed by atoms with van der Waals surface area (Å²) in [5.74, 6) is -0.164. The van der Waals surface area contributed by atoms with E-state index in [9.17, 15) is 13.2 Å². The van der Waals surface area contributed by atoms with E-state index in [1.165, 1.54) is 4.31 Å². The van der Waals surface area contributed by atoms with Crippen molar-refractivity contribution in [2.75, 3.05) is 41.6 Å². The summed E-state index contributed by atoms with van der Waals surface area (Å²) in [4.78, 5) is 17.1. The van der Waals surface area contributed by atoms with E-state index in [0.717, 1.165) is 37.0 Å². The number of piperazine rings is 1. The number of sulfonamides is 1. The average molecular weight is 416 g/mol. The first-order valence-corrected chi connectivity index (χ1v) is 11.8. The Bertz CT molecular complexity index is 922. The molecule has 1 amide bonds. The van der Waals surface area contributed by atoms with Gasteiger partial charge in [-0.25, -0.2) is 8.42 Å². The Balaban J connectivity index is 1.73. The Morgan fingerprint density at radius 2 is 1.59 bits per heavy atom. The lowest BCUT2D eigenvalue weighted by atomic mass is 10.1. The molecule has 1 unspecified atom stereocenters. The molecule has 2 aromatic carbocycles. The van der Waals surface area contributed by atoms with Crippen LogP contribution in [0, 0.1) is 0 Å². The minimum absolute atomic E-state index is 0.164. The monoisotopic (exact) mass is 415 g/mol. The number of anilines is 2. The van der Waals surface area contributed by atoms with Crippen molar-refractivity contribution < 1.29 is 13.2 Å². The molecule has 6 nitrogen and oxygen atoms in total. The van der Waals surface area contributed by atoms with Crippen LogP contribution < -0.4 is 9.21 Å². The number of benzene rings is 2. The lowest BCUT2D eigenvalue weighted by Crippen LogP contribution is -2.55. The van der Waals surface area contributed by atoms with E-state index in [1.807, 2.05) is 37.3 Å². The summed E-state index contributed by atoms with van der Waals surface area (Å²) in [5, 5.41) is 0. The van der Waals surface area contributed by atoms with Crippen LogP contribution in [0.25, 0.3) is 0 Å². The van der Waals surface area contributed by atoms with E-state index < -0.39 is 16.1 Å². The normalized spacial score (nSPS) is 15.8. The van der Waals surface area contributed by atoms with Gasteiger partial charge in [0.1, 0.15) is 6.04 Å². The van der Waals surface area contributed by atoms with Crippen LogP contribution in [0.15, 0.2) is 54.6 Å². The van der Waals surface area contributed by atoms with Gasteiger partial charge in [0, 0.05) is 31.9 Å². The van der Waals surface area contributed by atoms with Crippen molar-refractivity contribution in [1.29, 1.82) is 0 Å². The Hall–Kier alpha value is -2.54. The number of amides is 1. The van der Waals surface area contributed by atoms with Gasteiger partial charge in [-0.05, 0) is 43.2 Å². The van der Waals surface area contributed by atoms with Gasteiger partial charge in [0.15, 0.2) is 0 Å². The Kier molecular flexibility index (Phi) is 6.47. The van der Waals surface area contributed by atoms with E-state index in [4.69, 9.17) is 0 Å². The minimum atomic E-state index is -3.60. The van der Waals surface area contributed by atoms with Gasteiger partial charge in [-0.15, -0.1) is 0 Å². The van der Waals surface area contributed by atoms with Gasteiger partial charge in [0.2, 0.25) is 15.9 Å². The summed E-state index contributed by atoms with van der Waals surface area (Å²) in [6.45, 7) is 6.32. The first-order chi connectivity index (χ1) is 13.8.